The Hall–Kier alpha value is -0.650. The zero-order chi connectivity index (χ0) is 13.5. The summed E-state index contributed by atoms with van der Waals surface area (Å²) in [5.41, 5.74) is 0. The number of carbonyl (C=O) groups excluding carboxylic acids is 1. The fraction of sp³-hybridized carbons (Fsp3) is 0.923. The molecule has 0 aliphatic heterocycles. The van der Waals surface area contributed by atoms with Crippen LogP contribution in [0.4, 0.5) is 0 Å². The van der Waals surface area contributed by atoms with Gasteiger partial charge in [0.15, 0.2) is 0 Å². The Morgan fingerprint density at radius 1 is 0.833 bits per heavy atom. The first-order chi connectivity index (χ1) is 8.81. The largest absolute Gasteiger partial charge is 0.463 e. The van der Waals surface area contributed by atoms with Crippen LogP contribution in [-0.4, -0.2) is 52.2 Å². The molecule has 5 heteroatoms. The summed E-state index contributed by atoms with van der Waals surface area (Å²) < 4.78 is 20.6. The lowest BCUT2D eigenvalue weighted by Crippen LogP contribution is -2.14. The molecule has 0 aromatic rings. The third kappa shape index (κ3) is 13.4. The summed E-state index contributed by atoms with van der Waals surface area (Å²) in [5.74, 6) is -0.244. The van der Waals surface area contributed by atoms with Gasteiger partial charge in [0.25, 0.3) is 0 Å². The summed E-state index contributed by atoms with van der Waals surface area (Å²) in [6.45, 7) is 7.68. The van der Waals surface area contributed by atoms with Crippen LogP contribution in [0.1, 0.15) is 33.1 Å². The van der Waals surface area contributed by atoms with Crippen molar-refractivity contribution in [2.75, 3.05) is 46.2 Å². The Morgan fingerprint density at radius 3 is 2.17 bits per heavy atom. The molecule has 0 N–H and O–H groups in total. The van der Waals surface area contributed by atoms with Gasteiger partial charge in [-0.25, -0.2) is 0 Å². The number of rotatable bonds is 13. The van der Waals surface area contributed by atoms with Crippen molar-refractivity contribution in [2.45, 2.75) is 33.1 Å². The molecule has 5 nitrogen and oxygen atoms in total. The average molecular weight is 262 g/mol. The van der Waals surface area contributed by atoms with Gasteiger partial charge in [-0.15, -0.1) is 0 Å². The van der Waals surface area contributed by atoms with Crippen LogP contribution in [0, 0.1) is 0 Å². The summed E-state index contributed by atoms with van der Waals surface area (Å²) in [6.07, 6.45) is 2.52. The van der Waals surface area contributed by atoms with Gasteiger partial charge in [0.1, 0.15) is 6.61 Å². The second-order valence-electron chi connectivity index (χ2n) is 3.75. The van der Waals surface area contributed by atoms with Gasteiger partial charge in [0.05, 0.1) is 32.8 Å². The van der Waals surface area contributed by atoms with Crippen molar-refractivity contribution in [3.05, 3.63) is 0 Å². The minimum atomic E-state index is -0.244. The van der Waals surface area contributed by atoms with E-state index in [2.05, 4.69) is 6.92 Å². The van der Waals surface area contributed by atoms with Gasteiger partial charge in [0, 0.05) is 13.2 Å². The maximum absolute atomic E-state index is 11.1. The first-order valence-electron chi connectivity index (χ1n) is 6.70. The smallest absolute Gasteiger partial charge is 0.308 e. The highest BCUT2D eigenvalue weighted by molar-refractivity contribution is 5.69. The lowest BCUT2D eigenvalue weighted by Gasteiger charge is -2.06. The topological polar surface area (TPSA) is 54.0 Å². The normalized spacial score (nSPS) is 10.6. The molecule has 18 heavy (non-hydrogen) atoms. The molecule has 0 saturated heterocycles. The average Bonchev–Trinajstić information content (AvgIpc) is 2.37. The molecule has 0 atom stereocenters. The van der Waals surface area contributed by atoms with Crippen LogP contribution in [0.25, 0.3) is 0 Å². The molecule has 0 unspecified atom stereocenters. The number of ether oxygens (including phenoxy) is 4. The van der Waals surface area contributed by atoms with Crippen LogP contribution in [-0.2, 0) is 23.7 Å². The molecule has 0 bridgehead atoms. The van der Waals surface area contributed by atoms with Gasteiger partial charge >= 0.3 is 5.97 Å². The molecule has 0 heterocycles. The van der Waals surface area contributed by atoms with E-state index in [-0.39, 0.29) is 5.97 Å². The van der Waals surface area contributed by atoms with Crippen molar-refractivity contribution >= 4 is 5.97 Å². The van der Waals surface area contributed by atoms with Crippen LogP contribution in [0.15, 0.2) is 0 Å². The van der Waals surface area contributed by atoms with E-state index in [1.807, 2.05) is 6.92 Å². The zero-order valence-electron chi connectivity index (χ0n) is 11.6. The molecular weight excluding hydrogens is 236 g/mol. The van der Waals surface area contributed by atoms with E-state index in [9.17, 15) is 4.79 Å². The molecule has 0 aliphatic rings. The van der Waals surface area contributed by atoms with Crippen molar-refractivity contribution in [1.82, 2.24) is 0 Å². The van der Waals surface area contributed by atoms with E-state index in [4.69, 9.17) is 18.9 Å². The lowest BCUT2D eigenvalue weighted by atomic mass is 10.4. The van der Waals surface area contributed by atoms with Crippen LogP contribution in [0.2, 0.25) is 0 Å². The van der Waals surface area contributed by atoms with Crippen molar-refractivity contribution in [3.8, 4) is 0 Å². The minimum Gasteiger partial charge on any atom is -0.463 e. The Balaban J connectivity index is 3.08. The summed E-state index contributed by atoms with van der Waals surface area (Å²) in [5, 5.41) is 0. The van der Waals surface area contributed by atoms with Crippen molar-refractivity contribution in [1.29, 1.82) is 0 Å². The number of hydrogen-bond donors (Lipinski definition) is 0. The van der Waals surface area contributed by atoms with E-state index in [1.54, 1.807) is 0 Å². The fourth-order valence-corrected chi connectivity index (χ4v) is 1.15. The molecule has 0 rings (SSSR count). The molecular formula is C13H26O5. The lowest BCUT2D eigenvalue weighted by molar-refractivity contribution is -0.146. The van der Waals surface area contributed by atoms with Crippen LogP contribution in [0.3, 0.4) is 0 Å². The highest BCUT2D eigenvalue weighted by Gasteiger charge is 2.01. The molecule has 0 aromatic heterocycles. The molecule has 0 radical (unpaired) electrons. The molecule has 0 amide bonds. The molecule has 0 aromatic carbocycles. The molecule has 108 valence electrons. The van der Waals surface area contributed by atoms with Crippen molar-refractivity contribution in [2.24, 2.45) is 0 Å². The van der Waals surface area contributed by atoms with Gasteiger partial charge in [-0.1, -0.05) is 13.3 Å². The van der Waals surface area contributed by atoms with Gasteiger partial charge < -0.3 is 18.9 Å². The van der Waals surface area contributed by atoms with Gasteiger partial charge in [-0.2, -0.15) is 0 Å². The van der Waals surface area contributed by atoms with Crippen LogP contribution < -0.4 is 0 Å². The van der Waals surface area contributed by atoms with E-state index in [0.29, 0.717) is 46.1 Å². The summed E-state index contributed by atoms with van der Waals surface area (Å²) in [7, 11) is 0. The van der Waals surface area contributed by atoms with Crippen molar-refractivity contribution in [3.63, 3.8) is 0 Å². The fourth-order valence-electron chi connectivity index (χ4n) is 1.15. The molecule has 0 aliphatic carbocycles. The zero-order valence-corrected chi connectivity index (χ0v) is 11.6. The van der Waals surface area contributed by atoms with Gasteiger partial charge in [0.2, 0.25) is 0 Å². The van der Waals surface area contributed by atoms with E-state index in [1.165, 1.54) is 0 Å². The number of carbonyl (C=O) groups is 1. The van der Waals surface area contributed by atoms with E-state index < -0.39 is 0 Å². The maximum atomic E-state index is 11.1. The predicted molar refractivity (Wildman–Crippen MR) is 68.6 cm³/mol. The Kier molecular flexibility index (Phi) is 13.9. The molecule has 0 spiro atoms. The monoisotopic (exact) mass is 262 g/mol. The SMILES string of the molecule is CCCCOCCOCCOC(=O)CCOCC. The second kappa shape index (κ2) is 14.4. The highest BCUT2D eigenvalue weighted by atomic mass is 16.6. The number of unbranched alkanes of at least 4 members (excludes halogenated alkanes) is 1. The molecule has 0 saturated carbocycles. The minimum absolute atomic E-state index is 0.244. The van der Waals surface area contributed by atoms with Crippen molar-refractivity contribution < 1.29 is 23.7 Å². The Morgan fingerprint density at radius 2 is 1.50 bits per heavy atom. The third-order valence-electron chi connectivity index (χ3n) is 2.16. The predicted octanol–water partition coefficient (Wildman–Crippen LogP) is 1.79. The second-order valence-corrected chi connectivity index (χ2v) is 3.75. The first-order valence-corrected chi connectivity index (χ1v) is 6.70. The third-order valence-corrected chi connectivity index (χ3v) is 2.16. The molecule has 0 fully saturated rings. The number of hydrogen-bond acceptors (Lipinski definition) is 5. The van der Waals surface area contributed by atoms with Crippen LogP contribution in [0.5, 0.6) is 0 Å². The summed E-state index contributed by atoms with van der Waals surface area (Å²) in [4.78, 5) is 11.1. The van der Waals surface area contributed by atoms with E-state index >= 15 is 0 Å². The van der Waals surface area contributed by atoms with Gasteiger partial charge in [-0.05, 0) is 13.3 Å². The first kappa shape index (κ1) is 17.4. The van der Waals surface area contributed by atoms with Crippen LogP contribution >= 0.6 is 0 Å². The Labute approximate surface area is 110 Å². The summed E-state index contributed by atoms with van der Waals surface area (Å²) in [6, 6.07) is 0. The van der Waals surface area contributed by atoms with Gasteiger partial charge in [-0.3, -0.25) is 4.79 Å². The standard InChI is InChI=1S/C13H26O5/c1-3-5-7-16-9-10-17-11-12-18-13(14)6-8-15-4-2/h3-12H2,1-2H3. The summed E-state index contributed by atoms with van der Waals surface area (Å²) >= 11 is 0. The van der Waals surface area contributed by atoms with E-state index in [0.717, 1.165) is 19.4 Å². The quantitative estimate of drug-likeness (QED) is 0.374. The number of esters is 1. The highest BCUT2D eigenvalue weighted by Crippen LogP contribution is 1.90. The Bertz CT molecular complexity index is 184. The maximum Gasteiger partial charge on any atom is 0.308 e.